The van der Waals surface area contributed by atoms with Crippen molar-refractivity contribution in [2.45, 2.75) is 38.5 Å². The van der Waals surface area contributed by atoms with Crippen molar-refractivity contribution in [3.05, 3.63) is 23.9 Å². The average Bonchev–Trinajstić information content (AvgIpc) is 2.48. The minimum absolute atomic E-state index is 0.669. The van der Waals surface area contributed by atoms with Crippen molar-refractivity contribution in [1.82, 2.24) is 9.88 Å². The van der Waals surface area contributed by atoms with Crippen LogP contribution in [0, 0.1) is 5.92 Å². The summed E-state index contributed by atoms with van der Waals surface area (Å²) in [4.78, 5) is 9.54. The minimum Gasteiger partial charge on any atom is -0.359 e. The zero-order chi connectivity index (χ0) is 15.2. The van der Waals surface area contributed by atoms with E-state index in [2.05, 4.69) is 54.1 Å². The molecule has 1 aliphatic heterocycles. The lowest BCUT2D eigenvalue weighted by Gasteiger charge is -2.37. The molecule has 0 aliphatic carbocycles. The summed E-state index contributed by atoms with van der Waals surface area (Å²) in [6.07, 6.45) is 6.82. The largest absolute Gasteiger partial charge is 0.359 e. The van der Waals surface area contributed by atoms with Crippen LogP contribution in [0.1, 0.15) is 32.3 Å². The third-order valence-electron chi connectivity index (χ3n) is 4.32. The summed E-state index contributed by atoms with van der Waals surface area (Å²) in [5, 5.41) is 0. The summed E-state index contributed by atoms with van der Waals surface area (Å²) in [7, 11) is 2.17. The van der Waals surface area contributed by atoms with Crippen molar-refractivity contribution in [3.63, 3.8) is 0 Å². The molecule has 0 aromatic carbocycles. The van der Waals surface area contributed by atoms with Gasteiger partial charge in [-0.15, -0.1) is 0 Å². The second-order valence-electron chi connectivity index (χ2n) is 6.44. The number of nitrogens with zero attached hydrogens (tertiary/aromatic N) is 3. The van der Waals surface area contributed by atoms with Gasteiger partial charge in [0.1, 0.15) is 5.82 Å². The Hall–Kier alpha value is -0.740. The lowest BCUT2D eigenvalue weighted by Crippen LogP contribution is -2.43. The standard InChI is InChI=1S/C17H29N3S/c1-14(2)20-9-5-6-16(12-20)11-19(3)17-8-7-15(10-18-17)13-21-4/h7-8,10,14,16H,5-6,9,11-13H2,1-4H3/t16-/m1/s1. The third kappa shape index (κ3) is 4.89. The predicted octanol–water partition coefficient (Wildman–Crippen LogP) is 3.50. The maximum atomic E-state index is 4.62. The van der Waals surface area contributed by atoms with E-state index in [4.69, 9.17) is 0 Å². The van der Waals surface area contributed by atoms with E-state index in [0.717, 1.165) is 24.0 Å². The van der Waals surface area contributed by atoms with Gasteiger partial charge in [-0.2, -0.15) is 11.8 Å². The summed E-state index contributed by atoms with van der Waals surface area (Å²) in [5.41, 5.74) is 1.31. The highest BCUT2D eigenvalue weighted by Crippen LogP contribution is 2.21. The molecule has 1 aromatic rings. The van der Waals surface area contributed by atoms with Crippen LogP contribution in [0.4, 0.5) is 5.82 Å². The van der Waals surface area contributed by atoms with Crippen LogP contribution < -0.4 is 4.90 Å². The molecular formula is C17H29N3S. The van der Waals surface area contributed by atoms with Gasteiger partial charge in [0.25, 0.3) is 0 Å². The fraction of sp³-hybridized carbons (Fsp3) is 0.706. The maximum Gasteiger partial charge on any atom is 0.128 e. The lowest BCUT2D eigenvalue weighted by atomic mass is 9.96. The van der Waals surface area contributed by atoms with Crippen LogP contribution in [-0.4, -0.2) is 48.9 Å². The van der Waals surface area contributed by atoms with Gasteiger partial charge in [-0.3, -0.25) is 0 Å². The molecule has 0 spiro atoms. The van der Waals surface area contributed by atoms with Crippen molar-refractivity contribution in [3.8, 4) is 0 Å². The van der Waals surface area contributed by atoms with Gasteiger partial charge >= 0.3 is 0 Å². The Labute approximate surface area is 134 Å². The normalized spacial score (nSPS) is 20.0. The number of thioether (sulfide) groups is 1. The first-order valence-corrected chi connectivity index (χ1v) is 9.38. The maximum absolute atomic E-state index is 4.62. The van der Waals surface area contributed by atoms with E-state index in [-0.39, 0.29) is 0 Å². The molecule has 1 atom stereocenters. The lowest BCUT2D eigenvalue weighted by molar-refractivity contribution is 0.142. The molecule has 0 amide bonds. The topological polar surface area (TPSA) is 19.4 Å². The number of pyridine rings is 1. The first-order valence-electron chi connectivity index (χ1n) is 7.99. The Morgan fingerprint density at radius 1 is 1.43 bits per heavy atom. The highest BCUT2D eigenvalue weighted by Gasteiger charge is 2.22. The summed E-state index contributed by atoms with van der Waals surface area (Å²) in [6.45, 7) is 8.21. The molecule has 0 saturated carbocycles. The number of piperidine rings is 1. The van der Waals surface area contributed by atoms with Crippen molar-refractivity contribution in [1.29, 1.82) is 0 Å². The van der Waals surface area contributed by atoms with Crippen LogP contribution in [0.2, 0.25) is 0 Å². The molecule has 118 valence electrons. The molecular weight excluding hydrogens is 278 g/mol. The average molecular weight is 308 g/mol. The van der Waals surface area contributed by atoms with E-state index >= 15 is 0 Å². The Balaban J connectivity index is 1.89. The number of aromatic nitrogens is 1. The highest BCUT2D eigenvalue weighted by atomic mass is 32.2. The van der Waals surface area contributed by atoms with E-state index in [1.54, 1.807) is 0 Å². The number of hydrogen-bond donors (Lipinski definition) is 0. The summed E-state index contributed by atoms with van der Waals surface area (Å²) >= 11 is 1.84. The van der Waals surface area contributed by atoms with Gasteiger partial charge in [-0.25, -0.2) is 4.98 Å². The van der Waals surface area contributed by atoms with Crippen molar-refractivity contribution in [2.75, 3.05) is 37.8 Å². The molecule has 2 heterocycles. The summed E-state index contributed by atoms with van der Waals surface area (Å²) < 4.78 is 0. The summed E-state index contributed by atoms with van der Waals surface area (Å²) in [6, 6.07) is 5.03. The molecule has 3 nitrogen and oxygen atoms in total. The van der Waals surface area contributed by atoms with Gasteiger partial charge in [-0.1, -0.05) is 6.07 Å². The van der Waals surface area contributed by atoms with E-state index in [0.29, 0.717) is 6.04 Å². The van der Waals surface area contributed by atoms with Crippen LogP contribution in [-0.2, 0) is 5.75 Å². The molecule has 1 fully saturated rings. The molecule has 0 unspecified atom stereocenters. The number of hydrogen-bond acceptors (Lipinski definition) is 4. The van der Waals surface area contributed by atoms with E-state index < -0.39 is 0 Å². The van der Waals surface area contributed by atoms with E-state index in [1.807, 2.05) is 18.0 Å². The zero-order valence-electron chi connectivity index (χ0n) is 13.9. The van der Waals surface area contributed by atoms with Crippen molar-refractivity contribution < 1.29 is 0 Å². The minimum atomic E-state index is 0.669. The van der Waals surface area contributed by atoms with Crippen LogP contribution in [0.5, 0.6) is 0 Å². The van der Waals surface area contributed by atoms with Gasteiger partial charge in [0.15, 0.2) is 0 Å². The van der Waals surface area contributed by atoms with Gasteiger partial charge in [0.05, 0.1) is 0 Å². The molecule has 0 radical (unpaired) electrons. The number of likely N-dealkylation sites (tertiary alicyclic amines) is 1. The molecule has 1 saturated heterocycles. The SMILES string of the molecule is CSCc1ccc(N(C)C[C@H]2CCCN(C(C)C)C2)nc1. The van der Waals surface area contributed by atoms with Crippen molar-refractivity contribution >= 4 is 17.6 Å². The fourth-order valence-corrected chi connectivity index (χ4v) is 3.59. The van der Waals surface area contributed by atoms with Gasteiger partial charge in [0, 0.05) is 38.1 Å². The fourth-order valence-electron chi connectivity index (χ4n) is 3.09. The molecule has 1 aromatic heterocycles. The Morgan fingerprint density at radius 2 is 2.24 bits per heavy atom. The molecule has 2 rings (SSSR count). The first kappa shape index (κ1) is 16.6. The Morgan fingerprint density at radius 3 is 2.86 bits per heavy atom. The van der Waals surface area contributed by atoms with Gasteiger partial charge in [-0.05, 0) is 57.0 Å². The Kier molecular flexibility index (Phi) is 6.37. The summed E-state index contributed by atoms with van der Waals surface area (Å²) in [5.74, 6) is 2.91. The van der Waals surface area contributed by atoms with E-state index in [1.165, 1.54) is 31.5 Å². The molecule has 1 aliphatic rings. The predicted molar refractivity (Wildman–Crippen MR) is 94.2 cm³/mol. The van der Waals surface area contributed by atoms with Gasteiger partial charge < -0.3 is 9.80 Å². The highest BCUT2D eigenvalue weighted by molar-refractivity contribution is 7.97. The zero-order valence-corrected chi connectivity index (χ0v) is 14.7. The van der Waals surface area contributed by atoms with Crippen LogP contribution in [0.3, 0.4) is 0 Å². The van der Waals surface area contributed by atoms with Gasteiger partial charge in [0.2, 0.25) is 0 Å². The Bertz CT molecular complexity index is 419. The quantitative estimate of drug-likeness (QED) is 0.801. The second kappa shape index (κ2) is 8.04. The molecule has 0 N–H and O–H groups in total. The second-order valence-corrected chi connectivity index (χ2v) is 7.30. The monoisotopic (exact) mass is 307 g/mol. The van der Waals surface area contributed by atoms with Crippen molar-refractivity contribution in [2.24, 2.45) is 5.92 Å². The molecule has 0 bridgehead atoms. The molecule has 4 heteroatoms. The number of anilines is 1. The van der Waals surface area contributed by atoms with Crippen LogP contribution >= 0.6 is 11.8 Å². The van der Waals surface area contributed by atoms with E-state index in [9.17, 15) is 0 Å². The number of rotatable bonds is 6. The van der Waals surface area contributed by atoms with Crippen LogP contribution in [0.25, 0.3) is 0 Å². The van der Waals surface area contributed by atoms with Crippen LogP contribution in [0.15, 0.2) is 18.3 Å². The first-order chi connectivity index (χ1) is 10.1. The molecule has 21 heavy (non-hydrogen) atoms. The third-order valence-corrected chi connectivity index (χ3v) is 4.95. The smallest absolute Gasteiger partial charge is 0.128 e.